The van der Waals surface area contributed by atoms with Crippen molar-refractivity contribution in [3.05, 3.63) is 40.3 Å². The maximum Gasteiger partial charge on any atom is 0.236 e. The Hall–Kier alpha value is -0.880. The molecule has 1 aliphatic heterocycles. The van der Waals surface area contributed by atoms with Crippen LogP contribution in [0.15, 0.2) is 29.7 Å². The molecule has 1 aromatic rings. The molecule has 0 radical (unpaired) electrons. The maximum atomic E-state index is 12.3. The van der Waals surface area contributed by atoms with E-state index < -0.39 is 10.0 Å². The molecule has 21 heavy (non-hydrogen) atoms. The van der Waals surface area contributed by atoms with Crippen LogP contribution < -0.4 is 0 Å². The van der Waals surface area contributed by atoms with Crippen LogP contribution in [0.2, 0.25) is 5.02 Å². The number of halogens is 1. The van der Waals surface area contributed by atoms with E-state index in [2.05, 4.69) is 0 Å². The van der Waals surface area contributed by atoms with Gasteiger partial charge in [-0.1, -0.05) is 29.8 Å². The van der Waals surface area contributed by atoms with Gasteiger partial charge in [-0.15, -0.1) is 0 Å². The summed E-state index contributed by atoms with van der Waals surface area (Å²) < 4.78 is 26.0. The number of aliphatic hydroxyl groups is 1. The van der Waals surface area contributed by atoms with Crippen LogP contribution in [0.3, 0.4) is 0 Å². The zero-order valence-electron chi connectivity index (χ0n) is 11.9. The Morgan fingerprint density at radius 1 is 1.33 bits per heavy atom. The third kappa shape index (κ3) is 4.30. The van der Waals surface area contributed by atoms with Crippen molar-refractivity contribution in [1.29, 1.82) is 0 Å². The highest BCUT2D eigenvalue weighted by Crippen LogP contribution is 2.24. The van der Waals surface area contributed by atoms with Crippen LogP contribution in [0.5, 0.6) is 0 Å². The molecular weight excluding hydrogens is 310 g/mol. The Morgan fingerprint density at radius 2 is 1.95 bits per heavy atom. The lowest BCUT2D eigenvalue weighted by atomic mass is 9.93. The molecule has 1 atom stereocenters. The van der Waals surface area contributed by atoms with Gasteiger partial charge in [-0.3, -0.25) is 0 Å². The van der Waals surface area contributed by atoms with Gasteiger partial charge >= 0.3 is 0 Å². The van der Waals surface area contributed by atoms with Crippen molar-refractivity contribution in [3.8, 4) is 0 Å². The Morgan fingerprint density at radius 3 is 2.52 bits per heavy atom. The topological polar surface area (TPSA) is 57.6 Å². The normalized spacial score (nSPS) is 20.0. The minimum absolute atomic E-state index is 0.184. The standard InChI is InChI=1S/C15H20ClNO3S/c1-12(18)13-6-9-17(10-7-13)21(19,20)11-8-14-4-2-3-5-15(14)16/h2-5,8,11-13,18H,6-7,9-10H2,1H3/b11-8+. The van der Waals surface area contributed by atoms with Gasteiger partial charge in [-0.2, -0.15) is 4.31 Å². The zero-order valence-corrected chi connectivity index (χ0v) is 13.5. The minimum Gasteiger partial charge on any atom is -0.393 e. The van der Waals surface area contributed by atoms with Gasteiger partial charge in [0.1, 0.15) is 0 Å². The Labute approximate surface area is 131 Å². The van der Waals surface area contributed by atoms with Gasteiger partial charge in [-0.25, -0.2) is 8.42 Å². The predicted molar refractivity (Wildman–Crippen MR) is 85.4 cm³/mol. The van der Waals surface area contributed by atoms with Crippen molar-refractivity contribution >= 4 is 27.7 Å². The quantitative estimate of drug-likeness (QED) is 0.924. The molecule has 1 aliphatic rings. The minimum atomic E-state index is -3.43. The van der Waals surface area contributed by atoms with E-state index in [1.54, 1.807) is 25.1 Å². The average molecular weight is 330 g/mol. The molecule has 0 aromatic heterocycles. The van der Waals surface area contributed by atoms with E-state index in [1.807, 2.05) is 6.07 Å². The first-order chi connectivity index (χ1) is 9.90. The monoisotopic (exact) mass is 329 g/mol. The number of benzene rings is 1. The molecule has 1 saturated heterocycles. The summed E-state index contributed by atoms with van der Waals surface area (Å²) >= 11 is 6.01. The zero-order chi connectivity index (χ0) is 15.5. The third-order valence-electron chi connectivity index (χ3n) is 3.87. The molecule has 6 heteroatoms. The highest BCUT2D eigenvalue weighted by Gasteiger charge is 2.28. The van der Waals surface area contributed by atoms with Gasteiger partial charge in [0.05, 0.1) is 6.10 Å². The van der Waals surface area contributed by atoms with Crippen LogP contribution in [0.4, 0.5) is 0 Å². The molecule has 0 aliphatic carbocycles. The molecule has 2 rings (SSSR count). The second-order valence-electron chi connectivity index (χ2n) is 5.35. The van der Waals surface area contributed by atoms with Crippen LogP contribution in [-0.4, -0.2) is 37.0 Å². The summed E-state index contributed by atoms with van der Waals surface area (Å²) in [5, 5.41) is 11.3. The van der Waals surface area contributed by atoms with Crippen molar-refractivity contribution in [2.45, 2.75) is 25.9 Å². The van der Waals surface area contributed by atoms with Crippen molar-refractivity contribution in [2.24, 2.45) is 5.92 Å². The van der Waals surface area contributed by atoms with Gasteiger partial charge in [0.25, 0.3) is 0 Å². The predicted octanol–water partition coefficient (Wildman–Crippen LogP) is 2.73. The Bertz CT molecular complexity index is 605. The molecule has 1 N–H and O–H groups in total. The number of piperidine rings is 1. The van der Waals surface area contributed by atoms with Crippen LogP contribution in [0, 0.1) is 5.92 Å². The number of aliphatic hydroxyl groups excluding tert-OH is 1. The molecule has 0 amide bonds. The van der Waals surface area contributed by atoms with E-state index in [9.17, 15) is 13.5 Å². The summed E-state index contributed by atoms with van der Waals surface area (Å²) in [6, 6.07) is 7.11. The fraction of sp³-hybridized carbons (Fsp3) is 0.467. The summed E-state index contributed by atoms with van der Waals surface area (Å²) in [5.74, 6) is 0.184. The fourth-order valence-corrected chi connectivity index (χ4v) is 3.88. The molecule has 4 nitrogen and oxygen atoms in total. The fourth-order valence-electron chi connectivity index (χ4n) is 2.47. The van der Waals surface area contributed by atoms with Gasteiger partial charge in [0.15, 0.2) is 0 Å². The maximum absolute atomic E-state index is 12.3. The molecule has 1 unspecified atom stereocenters. The summed E-state index contributed by atoms with van der Waals surface area (Å²) in [6.07, 6.45) is 2.53. The molecular formula is C15H20ClNO3S. The van der Waals surface area contributed by atoms with Crippen molar-refractivity contribution in [3.63, 3.8) is 0 Å². The van der Waals surface area contributed by atoms with Crippen molar-refractivity contribution in [1.82, 2.24) is 4.31 Å². The number of nitrogens with zero attached hydrogens (tertiary/aromatic N) is 1. The lowest BCUT2D eigenvalue weighted by Gasteiger charge is -2.31. The lowest BCUT2D eigenvalue weighted by Crippen LogP contribution is -2.39. The smallest absolute Gasteiger partial charge is 0.236 e. The summed E-state index contributed by atoms with van der Waals surface area (Å²) in [5.41, 5.74) is 0.682. The van der Waals surface area contributed by atoms with E-state index in [0.717, 1.165) is 0 Å². The lowest BCUT2D eigenvalue weighted by molar-refractivity contribution is 0.0914. The number of rotatable bonds is 4. The van der Waals surface area contributed by atoms with Gasteiger partial charge in [-0.05, 0) is 43.4 Å². The van der Waals surface area contributed by atoms with Gasteiger partial charge in [0.2, 0.25) is 10.0 Å². The van der Waals surface area contributed by atoms with Crippen molar-refractivity contribution < 1.29 is 13.5 Å². The molecule has 0 spiro atoms. The molecule has 1 fully saturated rings. The van der Waals surface area contributed by atoms with Gasteiger partial charge < -0.3 is 5.11 Å². The Balaban J connectivity index is 2.05. The van der Waals surface area contributed by atoms with Crippen LogP contribution >= 0.6 is 11.6 Å². The van der Waals surface area contributed by atoms with Crippen LogP contribution in [0.1, 0.15) is 25.3 Å². The van der Waals surface area contributed by atoms with Crippen molar-refractivity contribution in [2.75, 3.05) is 13.1 Å². The second kappa shape index (κ2) is 6.92. The van der Waals surface area contributed by atoms with Crippen LogP contribution in [0.25, 0.3) is 6.08 Å². The second-order valence-corrected chi connectivity index (χ2v) is 7.57. The highest BCUT2D eigenvalue weighted by atomic mass is 35.5. The van der Waals surface area contributed by atoms with E-state index in [0.29, 0.717) is 36.5 Å². The molecule has 1 heterocycles. The summed E-state index contributed by atoms with van der Waals surface area (Å²) in [4.78, 5) is 0. The molecule has 1 aromatic carbocycles. The number of hydrogen-bond donors (Lipinski definition) is 1. The highest BCUT2D eigenvalue weighted by molar-refractivity contribution is 7.92. The van der Waals surface area contributed by atoms with E-state index >= 15 is 0 Å². The molecule has 0 saturated carbocycles. The van der Waals surface area contributed by atoms with Crippen LogP contribution in [-0.2, 0) is 10.0 Å². The van der Waals surface area contributed by atoms with E-state index in [-0.39, 0.29) is 12.0 Å². The van der Waals surface area contributed by atoms with E-state index in [4.69, 9.17) is 11.6 Å². The summed E-state index contributed by atoms with van der Waals surface area (Å²) in [6.45, 7) is 2.65. The Kier molecular flexibility index (Phi) is 5.43. The first-order valence-electron chi connectivity index (χ1n) is 7.01. The first kappa shape index (κ1) is 16.5. The number of sulfonamides is 1. The number of hydrogen-bond acceptors (Lipinski definition) is 3. The SMILES string of the molecule is CC(O)C1CCN(S(=O)(=O)/C=C/c2ccccc2Cl)CC1. The summed E-state index contributed by atoms with van der Waals surface area (Å²) in [7, 11) is -3.43. The third-order valence-corrected chi connectivity index (χ3v) is 5.77. The first-order valence-corrected chi connectivity index (χ1v) is 8.89. The van der Waals surface area contributed by atoms with E-state index in [1.165, 1.54) is 15.8 Å². The average Bonchev–Trinajstić information content (AvgIpc) is 2.46. The van der Waals surface area contributed by atoms with Gasteiger partial charge in [0, 0.05) is 23.5 Å². The largest absolute Gasteiger partial charge is 0.393 e. The molecule has 0 bridgehead atoms. The molecule has 116 valence electrons.